The molecular weight excluding hydrogens is 398 g/mol. The molecule has 2 heterocycles. The SMILES string of the molecule is O=C(CCCc1nnc(-c2ccccc2)o1)N1CCN(c2ccccc2[N+](=O)[O-])CC1. The summed E-state index contributed by atoms with van der Waals surface area (Å²) >= 11 is 0. The van der Waals surface area contributed by atoms with E-state index >= 15 is 0 Å². The van der Waals surface area contributed by atoms with Crippen LogP contribution in [0, 0.1) is 10.1 Å². The number of carbonyl (C=O) groups excluding carboxylic acids is 1. The number of aromatic nitrogens is 2. The molecule has 0 aliphatic carbocycles. The number of para-hydroxylation sites is 2. The van der Waals surface area contributed by atoms with Crippen LogP contribution in [0.25, 0.3) is 11.5 Å². The van der Waals surface area contributed by atoms with Crippen molar-refractivity contribution < 1.29 is 14.1 Å². The highest BCUT2D eigenvalue weighted by Gasteiger charge is 2.25. The number of amides is 1. The fourth-order valence-electron chi connectivity index (χ4n) is 3.68. The van der Waals surface area contributed by atoms with E-state index in [9.17, 15) is 14.9 Å². The monoisotopic (exact) mass is 421 g/mol. The molecule has 1 amide bonds. The van der Waals surface area contributed by atoms with E-state index in [1.165, 1.54) is 6.07 Å². The van der Waals surface area contributed by atoms with Gasteiger partial charge in [0.2, 0.25) is 17.7 Å². The average molecular weight is 421 g/mol. The summed E-state index contributed by atoms with van der Waals surface area (Å²) in [7, 11) is 0. The molecular formula is C22H23N5O4. The summed E-state index contributed by atoms with van der Waals surface area (Å²) in [6, 6.07) is 16.3. The van der Waals surface area contributed by atoms with Gasteiger partial charge in [0.15, 0.2) is 0 Å². The Morgan fingerprint density at radius 3 is 2.45 bits per heavy atom. The number of anilines is 1. The summed E-state index contributed by atoms with van der Waals surface area (Å²) in [4.78, 5) is 27.2. The molecule has 0 N–H and O–H groups in total. The third-order valence-electron chi connectivity index (χ3n) is 5.32. The first-order valence-electron chi connectivity index (χ1n) is 10.3. The Morgan fingerprint density at radius 2 is 1.71 bits per heavy atom. The van der Waals surface area contributed by atoms with Crippen LogP contribution in [0.15, 0.2) is 59.0 Å². The molecule has 0 radical (unpaired) electrons. The third kappa shape index (κ3) is 4.88. The van der Waals surface area contributed by atoms with Crippen molar-refractivity contribution in [3.8, 4) is 11.5 Å². The Balaban J connectivity index is 1.25. The van der Waals surface area contributed by atoms with Gasteiger partial charge in [-0.05, 0) is 24.6 Å². The largest absolute Gasteiger partial charge is 0.421 e. The molecule has 0 atom stereocenters. The van der Waals surface area contributed by atoms with Crippen molar-refractivity contribution in [2.24, 2.45) is 0 Å². The van der Waals surface area contributed by atoms with Crippen molar-refractivity contribution in [3.63, 3.8) is 0 Å². The average Bonchev–Trinajstić information content (AvgIpc) is 3.28. The highest BCUT2D eigenvalue weighted by Crippen LogP contribution is 2.28. The molecule has 3 aromatic rings. The predicted molar refractivity (Wildman–Crippen MR) is 115 cm³/mol. The second-order valence-electron chi connectivity index (χ2n) is 7.33. The van der Waals surface area contributed by atoms with E-state index in [-0.39, 0.29) is 16.5 Å². The molecule has 0 saturated carbocycles. The minimum atomic E-state index is -0.367. The fourth-order valence-corrected chi connectivity index (χ4v) is 3.68. The van der Waals surface area contributed by atoms with Gasteiger partial charge < -0.3 is 14.2 Å². The van der Waals surface area contributed by atoms with Gasteiger partial charge in [0, 0.05) is 50.7 Å². The van der Waals surface area contributed by atoms with Crippen molar-refractivity contribution in [1.29, 1.82) is 0 Å². The van der Waals surface area contributed by atoms with Crippen molar-refractivity contribution in [3.05, 3.63) is 70.6 Å². The zero-order valence-corrected chi connectivity index (χ0v) is 17.0. The smallest absolute Gasteiger partial charge is 0.292 e. The molecule has 9 heteroatoms. The summed E-state index contributed by atoms with van der Waals surface area (Å²) < 4.78 is 5.68. The van der Waals surface area contributed by atoms with Crippen LogP contribution in [0.3, 0.4) is 0 Å². The van der Waals surface area contributed by atoms with Crippen molar-refractivity contribution in [2.45, 2.75) is 19.3 Å². The number of nitro benzene ring substituents is 1. The molecule has 9 nitrogen and oxygen atoms in total. The standard InChI is InChI=1S/C22H23N5O4/c28-21(12-6-11-20-23-24-22(31-20)17-7-2-1-3-8-17)26-15-13-25(14-16-26)18-9-4-5-10-19(18)27(29)30/h1-5,7-10H,6,11-16H2. The Morgan fingerprint density at radius 1 is 1.00 bits per heavy atom. The zero-order valence-electron chi connectivity index (χ0n) is 17.0. The van der Waals surface area contributed by atoms with E-state index in [4.69, 9.17) is 4.42 Å². The molecule has 31 heavy (non-hydrogen) atoms. The van der Waals surface area contributed by atoms with Gasteiger partial charge in [-0.3, -0.25) is 14.9 Å². The third-order valence-corrected chi connectivity index (χ3v) is 5.32. The quantitative estimate of drug-likeness (QED) is 0.426. The Labute approximate surface area is 179 Å². The molecule has 1 fully saturated rings. The molecule has 0 bridgehead atoms. The Kier molecular flexibility index (Phi) is 6.21. The van der Waals surface area contributed by atoms with Crippen LogP contribution in [0.2, 0.25) is 0 Å². The lowest BCUT2D eigenvalue weighted by Crippen LogP contribution is -2.48. The zero-order chi connectivity index (χ0) is 21.6. The Bertz CT molecular complexity index is 1040. The molecule has 0 spiro atoms. The summed E-state index contributed by atoms with van der Waals surface area (Å²) in [6.45, 7) is 2.23. The maximum absolute atomic E-state index is 12.6. The normalized spacial score (nSPS) is 13.9. The molecule has 1 aliphatic rings. The maximum Gasteiger partial charge on any atom is 0.292 e. The van der Waals surface area contributed by atoms with Gasteiger partial charge in [0.1, 0.15) is 5.69 Å². The van der Waals surface area contributed by atoms with E-state index in [1.54, 1.807) is 18.2 Å². The van der Waals surface area contributed by atoms with E-state index in [2.05, 4.69) is 10.2 Å². The number of piperazine rings is 1. The van der Waals surface area contributed by atoms with Crippen molar-refractivity contribution in [1.82, 2.24) is 15.1 Å². The number of nitro groups is 1. The molecule has 160 valence electrons. The van der Waals surface area contributed by atoms with Gasteiger partial charge in [-0.25, -0.2) is 0 Å². The number of hydrogen-bond acceptors (Lipinski definition) is 7. The lowest BCUT2D eigenvalue weighted by molar-refractivity contribution is -0.384. The molecule has 1 saturated heterocycles. The predicted octanol–water partition coefficient (Wildman–Crippen LogP) is 3.32. The van der Waals surface area contributed by atoms with E-state index in [0.717, 1.165) is 5.56 Å². The van der Waals surface area contributed by atoms with Gasteiger partial charge in [-0.1, -0.05) is 30.3 Å². The van der Waals surface area contributed by atoms with E-state index in [0.29, 0.717) is 62.9 Å². The molecule has 1 aliphatic heterocycles. The van der Waals surface area contributed by atoms with Crippen LogP contribution in [-0.4, -0.2) is 52.1 Å². The topological polar surface area (TPSA) is 106 Å². The van der Waals surface area contributed by atoms with Gasteiger partial charge >= 0.3 is 0 Å². The molecule has 4 rings (SSSR count). The molecule has 2 aromatic carbocycles. The summed E-state index contributed by atoms with van der Waals surface area (Å²) in [5, 5.41) is 19.4. The first kappa shape index (κ1) is 20.5. The number of carbonyl (C=O) groups is 1. The minimum Gasteiger partial charge on any atom is -0.421 e. The number of aryl methyl sites for hydroxylation is 1. The van der Waals surface area contributed by atoms with E-state index in [1.807, 2.05) is 40.1 Å². The second kappa shape index (κ2) is 9.38. The van der Waals surface area contributed by atoms with Gasteiger partial charge in [-0.15, -0.1) is 10.2 Å². The van der Waals surface area contributed by atoms with Gasteiger partial charge in [0.25, 0.3) is 5.69 Å². The first-order valence-corrected chi connectivity index (χ1v) is 10.3. The number of benzene rings is 2. The van der Waals surface area contributed by atoms with Crippen LogP contribution < -0.4 is 4.90 Å². The highest BCUT2D eigenvalue weighted by molar-refractivity contribution is 5.76. The van der Waals surface area contributed by atoms with Crippen LogP contribution in [0.5, 0.6) is 0 Å². The van der Waals surface area contributed by atoms with Crippen molar-refractivity contribution in [2.75, 3.05) is 31.1 Å². The lowest BCUT2D eigenvalue weighted by atomic mass is 10.2. The van der Waals surface area contributed by atoms with Crippen LogP contribution >= 0.6 is 0 Å². The number of hydrogen-bond donors (Lipinski definition) is 0. The van der Waals surface area contributed by atoms with Gasteiger partial charge in [-0.2, -0.15) is 0 Å². The maximum atomic E-state index is 12.6. The Hall–Kier alpha value is -3.75. The number of rotatable bonds is 7. The fraction of sp³-hybridized carbons (Fsp3) is 0.318. The van der Waals surface area contributed by atoms with Gasteiger partial charge in [0.05, 0.1) is 4.92 Å². The molecule has 1 aromatic heterocycles. The summed E-state index contributed by atoms with van der Waals surface area (Å²) in [5.74, 6) is 1.07. The first-order chi connectivity index (χ1) is 15.1. The second-order valence-corrected chi connectivity index (χ2v) is 7.33. The van der Waals surface area contributed by atoms with Crippen LogP contribution in [0.4, 0.5) is 11.4 Å². The number of nitrogens with zero attached hydrogens (tertiary/aromatic N) is 5. The molecule has 0 unspecified atom stereocenters. The lowest BCUT2D eigenvalue weighted by Gasteiger charge is -2.35. The van der Waals surface area contributed by atoms with Crippen LogP contribution in [-0.2, 0) is 11.2 Å². The minimum absolute atomic E-state index is 0.0741. The summed E-state index contributed by atoms with van der Waals surface area (Å²) in [6.07, 6.45) is 1.57. The highest BCUT2D eigenvalue weighted by atomic mass is 16.6. The van der Waals surface area contributed by atoms with E-state index < -0.39 is 0 Å². The van der Waals surface area contributed by atoms with Crippen LogP contribution in [0.1, 0.15) is 18.7 Å². The summed E-state index contributed by atoms with van der Waals surface area (Å²) in [5.41, 5.74) is 1.57. The van der Waals surface area contributed by atoms with Crippen molar-refractivity contribution >= 4 is 17.3 Å².